The molecule has 0 unspecified atom stereocenters. The lowest BCUT2D eigenvalue weighted by atomic mass is 9.89. The number of nitrogens with one attached hydrogen (secondary N) is 2. The average molecular weight is 370 g/mol. The van der Waals surface area contributed by atoms with Crippen molar-refractivity contribution in [2.45, 2.75) is 65.0 Å². The van der Waals surface area contributed by atoms with E-state index in [1.54, 1.807) is 0 Å². The van der Waals surface area contributed by atoms with Gasteiger partial charge in [-0.1, -0.05) is 32.9 Å². The summed E-state index contributed by atoms with van der Waals surface area (Å²) < 4.78 is 0. The van der Waals surface area contributed by atoms with Crippen LogP contribution in [0.4, 0.5) is 11.8 Å². The summed E-state index contributed by atoms with van der Waals surface area (Å²) in [7, 11) is 4.07. The van der Waals surface area contributed by atoms with Crippen molar-refractivity contribution in [2.24, 2.45) is 5.41 Å². The predicted octanol–water partition coefficient (Wildman–Crippen LogP) is 4.44. The van der Waals surface area contributed by atoms with Gasteiger partial charge in [0.2, 0.25) is 5.95 Å². The van der Waals surface area contributed by atoms with E-state index in [1.807, 2.05) is 26.2 Å². The van der Waals surface area contributed by atoms with Crippen molar-refractivity contribution in [1.82, 2.24) is 15.3 Å². The minimum Gasteiger partial charge on any atom is -0.362 e. The van der Waals surface area contributed by atoms with Gasteiger partial charge < -0.3 is 15.5 Å². The summed E-state index contributed by atoms with van der Waals surface area (Å²) in [6, 6.07) is 9.34. The van der Waals surface area contributed by atoms with Gasteiger partial charge in [0, 0.05) is 31.6 Å². The molecule has 2 N–H and O–H groups in total. The van der Waals surface area contributed by atoms with E-state index in [0.717, 1.165) is 29.2 Å². The van der Waals surface area contributed by atoms with Gasteiger partial charge in [-0.15, -0.1) is 0 Å². The van der Waals surface area contributed by atoms with Gasteiger partial charge in [0.05, 0.1) is 5.52 Å². The van der Waals surface area contributed by atoms with Crippen molar-refractivity contribution in [3.63, 3.8) is 0 Å². The van der Waals surface area contributed by atoms with Gasteiger partial charge in [-0.05, 0) is 56.2 Å². The van der Waals surface area contributed by atoms with E-state index in [2.05, 4.69) is 48.4 Å². The van der Waals surface area contributed by atoms with E-state index in [-0.39, 0.29) is 0 Å². The second-order valence-corrected chi connectivity index (χ2v) is 9.24. The van der Waals surface area contributed by atoms with Crippen LogP contribution in [-0.2, 0) is 0 Å². The maximum absolute atomic E-state index is 4.78. The molecule has 5 heteroatoms. The van der Waals surface area contributed by atoms with Crippen molar-refractivity contribution in [3.05, 3.63) is 24.3 Å². The van der Waals surface area contributed by atoms with Crippen LogP contribution in [0.3, 0.4) is 0 Å². The first kappa shape index (κ1) is 19.9. The molecule has 27 heavy (non-hydrogen) atoms. The quantitative estimate of drug-likeness (QED) is 0.788. The molecule has 2 aromatic rings. The highest BCUT2D eigenvalue weighted by molar-refractivity contribution is 5.90. The highest BCUT2D eigenvalue weighted by atomic mass is 15.2. The van der Waals surface area contributed by atoms with Gasteiger partial charge in [-0.3, -0.25) is 0 Å². The zero-order valence-corrected chi connectivity index (χ0v) is 17.5. The predicted molar refractivity (Wildman–Crippen MR) is 116 cm³/mol. The monoisotopic (exact) mass is 369 g/mol. The van der Waals surface area contributed by atoms with Gasteiger partial charge in [-0.2, -0.15) is 4.98 Å². The van der Waals surface area contributed by atoms with Crippen LogP contribution in [0.1, 0.15) is 52.9 Å². The average Bonchev–Trinajstić information content (AvgIpc) is 2.61. The second-order valence-electron chi connectivity index (χ2n) is 9.24. The highest BCUT2D eigenvalue weighted by Gasteiger charge is 2.22. The smallest absolute Gasteiger partial charge is 0.225 e. The van der Waals surface area contributed by atoms with E-state index in [1.165, 1.54) is 32.1 Å². The molecule has 0 aliphatic heterocycles. The lowest BCUT2D eigenvalue weighted by Crippen LogP contribution is -2.38. The second kappa shape index (κ2) is 8.42. The number of rotatable bonds is 6. The minimum atomic E-state index is 0.406. The molecule has 0 saturated heterocycles. The molecule has 0 radical (unpaired) electrons. The first-order valence-corrected chi connectivity index (χ1v) is 10.3. The number of hydrogen-bond donors (Lipinski definition) is 2. The SMILES string of the molecule is CN(C)c1nc(NC2CCC(NCCC(C)(C)C)CC2)nc2ccccc12. The van der Waals surface area contributed by atoms with Gasteiger partial charge in [0.1, 0.15) is 5.82 Å². The number of aromatic nitrogens is 2. The van der Waals surface area contributed by atoms with Crippen LogP contribution in [0, 0.1) is 5.41 Å². The van der Waals surface area contributed by atoms with Crippen molar-refractivity contribution in [3.8, 4) is 0 Å². The molecule has 148 valence electrons. The molecule has 1 heterocycles. The minimum absolute atomic E-state index is 0.406. The summed E-state index contributed by atoms with van der Waals surface area (Å²) in [5.74, 6) is 1.72. The molecule has 0 amide bonds. The molecule has 0 bridgehead atoms. The first-order chi connectivity index (χ1) is 12.8. The third-order valence-corrected chi connectivity index (χ3v) is 5.38. The van der Waals surface area contributed by atoms with Crippen LogP contribution in [0.2, 0.25) is 0 Å². The van der Waals surface area contributed by atoms with Crippen LogP contribution in [-0.4, -0.2) is 42.7 Å². The summed E-state index contributed by atoms with van der Waals surface area (Å²) >= 11 is 0. The largest absolute Gasteiger partial charge is 0.362 e. The Morgan fingerprint density at radius 3 is 2.33 bits per heavy atom. The summed E-state index contributed by atoms with van der Waals surface area (Å²) in [6.45, 7) is 8.04. The fourth-order valence-electron chi connectivity index (χ4n) is 3.74. The Labute approximate surface area is 164 Å². The number of benzene rings is 1. The molecule has 1 fully saturated rings. The number of para-hydroxylation sites is 1. The molecule has 1 aliphatic rings. The maximum atomic E-state index is 4.78. The van der Waals surface area contributed by atoms with Crippen LogP contribution in [0.5, 0.6) is 0 Å². The van der Waals surface area contributed by atoms with Crippen LogP contribution in [0.25, 0.3) is 10.9 Å². The van der Waals surface area contributed by atoms with Gasteiger partial charge >= 0.3 is 0 Å². The van der Waals surface area contributed by atoms with E-state index in [4.69, 9.17) is 9.97 Å². The summed E-state index contributed by atoms with van der Waals surface area (Å²) in [5.41, 5.74) is 1.40. The lowest BCUT2D eigenvalue weighted by molar-refractivity contribution is 0.315. The Balaban J connectivity index is 1.57. The molecule has 1 aromatic carbocycles. The Kier molecular flexibility index (Phi) is 6.20. The van der Waals surface area contributed by atoms with E-state index in [9.17, 15) is 0 Å². The van der Waals surface area contributed by atoms with Gasteiger partial charge in [0.15, 0.2) is 0 Å². The Morgan fingerprint density at radius 2 is 1.67 bits per heavy atom. The number of anilines is 2. The van der Waals surface area contributed by atoms with E-state index >= 15 is 0 Å². The molecule has 0 atom stereocenters. The molecular weight excluding hydrogens is 334 g/mol. The van der Waals surface area contributed by atoms with Gasteiger partial charge in [0.25, 0.3) is 0 Å². The van der Waals surface area contributed by atoms with Crippen molar-refractivity contribution >= 4 is 22.7 Å². The summed E-state index contributed by atoms with van der Waals surface area (Å²) in [5, 5.41) is 8.43. The number of fused-ring (bicyclic) bond motifs is 1. The lowest BCUT2D eigenvalue weighted by Gasteiger charge is -2.31. The first-order valence-electron chi connectivity index (χ1n) is 10.3. The molecule has 5 nitrogen and oxygen atoms in total. The summed E-state index contributed by atoms with van der Waals surface area (Å²) in [4.78, 5) is 11.6. The van der Waals surface area contributed by atoms with E-state index < -0.39 is 0 Å². The third-order valence-electron chi connectivity index (χ3n) is 5.38. The maximum Gasteiger partial charge on any atom is 0.225 e. The summed E-state index contributed by atoms with van der Waals surface area (Å²) in [6.07, 6.45) is 6.00. The van der Waals surface area contributed by atoms with E-state index in [0.29, 0.717) is 17.5 Å². The number of nitrogens with zero attached hydrogens (tertiary/aromatic N) is 3. The van der Waals surface area contributed by atoms with Crippen LogP contribution >= 0.6 is 0 Å². The molecule has 0 spiro atoms. The fourth-order valence-corrected chi connectivity index (χ4v) is 3.74. The molecular formula is C22H35N5. The zero-order valence-electron chi connectivity index (χ0n) is 17.5. The topological polar surface area (TPSA) is 53.1 Å². The Morgan fingerprint density at radius 1 is 1.00 bits per heavy atom. The highest BCUT2D eigenvalue weighted by Crippen LogP contribution is 2.26. The third kappa shape index (κ3) is 5.55. The molecule has 1 aromatic heterocycles. The standard InChI is InChI=1S/C22H35N5/c1-22(2,3)14-15-23-16-10-12-17(13-11-16)24-21-25-19-9-7-6-8-18(19)20(26-21)27(4)5/h6-9,16-17,23H,10-15H2,1-5H3,(H,24,25,26). The molecule has 3 rings (SSSR count). The molecule has 1 saturated carbocycles. The number of hydrogen-bond acceptors (Lipinski definition) is 5. The van der Waals surface area contributed by atoms with Crippen molar-refractivity contribution in [2.75, 3.05) is 30.9 Å². The Bertz CT molecular complexity index is 742. The van der Waals surface area contributed by atoms with Crippen molar-refractivity contribution in [1.29, 1.82) is 0 Å². The van der Waals surface area contributed by atoms with Crippen molar-refractivity contribution < 1.29 is 0 Å². The zero-order chi connectivity index (χ0) is 19.4. The normalized spacial score (nSPS) is 20.6. The van der Waals surface area contributed by atoms with Crippen LogP contribution in [0.15, 0.2) is 24.3 Å². The fraction of sp³-hybridized carbons (Fsp3) is 0.636. The Hall–Kier alpha value is -1.88. The molecule has 1 aliphatic carbocycles. The van der Waals surface area contributed by atoms with Crippen LogP contribution < -0.4 is 15.5 Å². The van der Waals surface area contributed by atoms with Gasteiger partial charge in [-0.25, -0.2) is 4.98 Å².